The van der Waals surface area contributed by atoms with Crippen LogP contribution in [0.15, 0.2) is 42.5 Å². The third kappa shape index (κ3) is 4.69. The molecule has 0 radical (unpaired) electrons. The molecule has 0 bridgehead atoms. The van der Waals surface area contributed by atoms with Crippen LogP contribution < -0.4 is 9.47 Å². The molecule has 1 aliphatic heterocycles. The van der Waals surface area contributed by atoms with Crippen molar-refractivity contribution in [3.63, 3.8) is 0 Å². The van der Waals surface area contributed by atoms with E-state index >= 15 is 0 Å². The quantitative estimate of drug-likeness (QED) is 0.408. The largest absolute Gasteiger partial charge is 0.496 e. The minimum atomic E-state index is -1.79. The molecule has 3 rings (SSSR count). The maximum absolute atomic E-state index is 10.5. The summed E-state index contributed by atoms with van der Waals surface area (Å²) >= 11 is 0. The van der Waals surface area contributed by atoms with Gasteiger partial charge in [0.05, 0.1) is 26.9 Å². The molecule has 0 aromatic heterocycles. The Bertz CT molecular complexity index is 849. The first-order valence-corrected chi connectivity index (χ1v) is 10.2. The van der Waals surface area contributed by atoms with Gasteiger partial charge < -0.3 is 39.7 Å². The zero-order chi connectivity index (χ0) is 22.6. The van der Waals surface area contributed by atoms with Crippen LogP contribution in [-0.4, -0.2) is 76.4 Å². The number of hydrogen-bond donors (Lipinski definition) is 5. The van der Waals surface area contributed by atoms with Gasteiger partial charge in [-0.3, -0.25) is 0 Å². The summed E-state index contributed by atoms with van der Waals surface area (Å²) in [5, 5.41) is 50.5. The summed E-state index contributed by atoms with van der Waals surface area (Å²) in [7, 11) is 1.56. The van der Waals surface area contributed by atoms with Crippen molar-refractivity contribution >= 4 is 0 Å². The van der Waals surface area contributed by atoms with E-state index in [2.05, 4.69) is 0 Å². The summed E-state index contributed by atoms with van der Waals surface area (Å²) in [4.78, 5) is 0. The molecule has 1 fully saturated rings. The number of rotatable bonds is 8. The first-order chi connectivity index (χ1) is 14.9. The van der Waals surface area contributed by atoms with E-state index in [1.165, 1.54) is 0 Å². The zero-order valence-electron chi connectivity index (χ0n) is 17.6. The second-order valence-corrected chi connectivity index (χ2v) is 7.67. The molecule has 8 heteroatoms. The lowest BCUT2D eigenvalue weighted by Crippen LogP contribution is -2.65. The highest BCUT2D eigenvalue weighted by Crippen LogP contribution is 2.39. The van der Waals surface area contributed by atoms with Gasteiger partial charge in [0.2, 0.25) is 0 Å². The van der Waals surface area contributed by atoms with E-state index in [1.807, 2.05) is 31.2 Å². The van der Waals surface area contributed by atoms with E-state index in [-0.39, 0.29) is 0 Å². The predicted molar refractivity (Wildman–Crippen MR) is 112 cm³/mol. The van der Waals surface area contributed by atoms with Crippen LogP contribution in [0.3, 0.4) is 0 Å². The van der Waals surface area contributed by atoms with Crippen LogP contribution in [0, 0.1) is 0 Å². The van der Waals surface area contributed by atoms with Gasteiger partial charge in [0, 0.05) is 6.42 Å². The monoisotopic (exact) mass is 434 g/mol. The Morgan fingerprint density at radius 2 is 1.65 bits per heavy atom. The number of benzene rings is 2. The van der Waals surface area contributed by atoms with E-state index in [0.717, 1.165) is 16.9 Å². The van der Waals surface area contributed by atoms with Crippen molar-refractivity contribution in [3.8, 4) is 11.5 Å². The molecule has 4 atom stereocenters. The molecule has 0 unspecified atom stereocenters. The first-order valence-electron chi connectivity index (χ1n) is 10.2. The smallest absolute Gasteiger partial charge is 0.143 e. The van der Waals surface area contributed by atoms with Crippen LogP contribution in [0.4, 0.5) is 0 Å². The summed E-state index contributed by atoms with van der Waals surface area (Å²) in [5.74, 6) is 1.42. The average molecular weight is 434 g/mol. The highest BCUT2D eigenvalue weighted by molar-refractivity contribution is 5.42. The Balaban J connectivity index is 1.91. The Kier molecular flexibility index (Phi) is 7.53. The molecule has 8 nitrogen and oxygen atoms in total. The van der Waals surface area contributed by atoms with Crippen LogP contribution >= 0.6 is 0 Å². The van der Waals surface area contributed by atoms with Crippen LogP contribution in [0.5, 0.6) is 11.5 Å². The van der Waals surface area contributed by atoms with Crippen molar-refractivity contribution in [1.82, 2.24) is 0 Å². The molecular formula is C23H30O8. The van der Waals surface area contributed by atoms with Gasteiger partial charge in [0.1, 0.15) is 41.5 Å². The highest BCUT2D eigenvalue weighted by Gasteiger charge is 2.53. The van der Waals surface area contributed by atoms with Gasteiger partial charge in [0.25, 0.3) is 0 Å². The molecule has 31 heavy (non-hydrogen) atoms. The second kappa shape index (κ2) is 9.95. The second-order valence-electron chi connectivity index (χ2n) is 7.67. The van der Waals surface area contributed by atoms with Gasteiger partial charge in [-0.1, -0.05) is 18.2 Å². The summed E-state index contributed by atoms with van der Waals surface area (Å²) in [6.07, 6.45) is -5.23. The third-order valence-corrected chi connectivity index (χ3v) is 5.68. The minimum absolute atomic E-state index is 0.520. The lowest BCUT2D eigenvalue weighted by Gasteiger charge is -2.47. The summed E-state index contributed by atoms with van der Waals surface area (Å²) in [6, 6.07) is 12.9. The maximum Gasteiger partial charge on any atom is 0.143 e. The lowest BCUT2D eigenvalue weighted by molar-refractivity contribution is -0.289. The molecule has 1 heterocycles. The normalized spacial score (nSPS) is 25.3. The molecule has 1 saturated heterocycles. The summed E-state index contributed by atoms with van der Waals surface area (Å²) < 4.78 is 16.7. The summed E-state index contributed by atoms with van der Waals surface area (Å²) in [5.41, 5.74) is 0.559. The van der Waals surface area contributed by atoms with Crippen molar-refractivity contribution in [2.75, 3.05) is 26.9 Å². The fourth-order valence-corrected chi connectivity index (χ4v) is 3.85. The molecule has 0 spiro atoms. The number of ether oxygens (including phenoxy) is 3. The van der Waals surface area contributed by atoms with E-state index in [0.29, 0.717) is 24.3 Å². The van der Waals surface area contributed by atoms with Gasteiger partial charge in [-0.15, -0.1) is 0 Å². The highest BCUT2D eigenvalue weighted by atomic mass is 16.6. The molecular weight excluding hydrogens is 404 g/mol. The first kappa shape index (κ1) is 23.5. The number of methoxy groups -OCH3 is 1. The predicted octanol–water partition coefficient (Wildman–Crippen LogP) is 0.562. The van der Waals surface area contributed by atoms with E-state index in [4.69, 9.17) is 14.2 Å². The van der Waals surface area contributed by atoms with Crippen molar-refractivity contribution < 1.29 is 39.7 Å². The van der Waals surface area contributed by atoms with Crippen LogP contribution in [0.1, 0.15) is 29.7 Å². The average Bonchev–Trinajstić information content (AvgIpc) is 2.80. The zero-order valence-corrected chi connectivity index (χ0v) is 17.6. The van der Waals surface area contributed by atoms with Crippen LogP contribution in [0.25, 0.3) is 0 Å². The summed E-state index contributed by atoms with van der Waals surface area (Å²) in [6.45, 7) is 1.06. The Labute approximate surface area is 181 Å². The van der Waals surface area contributed by atoms with E-state index in [1.54, 1.807) is 25.3 Å². The maximum atomic E-state index is 10.5. The third-order valence-electron chi connectivity index (χ3n) is 5.68. The lowest BCUT2D eigenvalue weighted by atomic mass is 9.83. The van der Waals surface area contributed by atoms with Crippen LogP contribution in [-0.2, 0) is 11.2 Å². The topological polar surface area (TPSA) is 129 Å². The van der Waals surface area contributed by atoms with Gasteiger partial charge >= 0.3 is 0 Å². The van der Waals surface area contributed by atoms with Gasteiger partial charge in [0.15, 0.2) is 0 Å². The molecule has 0 saturated carbocycles. The Hall–Kier alpha value is -2.20. The standard InChI is InChI=1S/C23H30O8/c1-3-30-17-7-4-14(5-8-17)10-16-11-15(6-9-18(16)29-2)21-19(26)20(27)22(28)23(12-24,13-25)31-21/h4-9,11,19-22,24-28H,3,10,12-13H2,1-2H3/t19-,20-,21+,22+/m1/s1. The van der Waals surface area contributed by atoms with E-state index < -0.39 is 43.2 Å². The van der Waals surface area contributed by atoms with Crippen molar-refractivity contribution in [1.29, 1.82) is 0 Å². The van der Waals surface area contributed by atoms with Gasteiger partial charge in [-0.25, -0.2) is 0 Å². The van der Waals surface area contributed by atoms with E-state index in [9.17, 15) is 25.5 Å². The van der Waals surface area contributed by atoms with Gasteiger partial charge in [-0.05, 0) is 47.9 Å². The fraction of sp³-hybridized carbons (Fsp3) is 0.478. The molecule has 5 N–H and O–H groups in total. The molecule has 2 aromatic rings. The van der Waals surface area contributed by atoms with Crippen molar-refractivity contribution in [2.45, 2.75) is 43.4 Å². The number of hydrogen-bond acceptors (Lipinski definition) is 8. The fourth-order valence-electron chi connectivity index (χ4n) is 3.85. The Morgan fingerprint density at radius 1 is 0.968 bits per heavy atom. The Morgan fingerprint density at radius 3 is 2.23 bits per heavy atom. The number of aliphatic hydroxyl groups excluding tert-OH is 5. The van der Waals surface area contributed by atoms with Crippen LogP contribution in [0.2, 0.25) is 0 Å². The minimum Gasteiger partial charge on any atom is -0.496 e. The number of aliphatic hydroxyl groups is 5. The van der Waals surface area contributed by atoms with Gasteiger partial charge in [-0.2, -0.15) is 0 Å². The molecule has 0 aliphatic carbocycles. The molecule has 2 aromatic carbocycles. The SMILES string of the molecule is CCOc1ccc(Cc2cc([C@@H]3OC(CO)(CO)[C@@H](O)[C@H](O)[C@H]3O)ccc2OC)cc1. The van der Waals surface area contributed by atoms with Crippen molar-refractivity contribution in [3.05, 3.63) is 59.2 Å². The molecule has 170 valence electrons. The molecule has 0 amide bonds. The van der Waals surface area contributed by atoms with Crippen molar-refractivity contribution in [2.24, 2.45) is 0 Å². The molecule has 1 aliphatic rings.